The molecule has 1 aliphatic carbocycles. The SMILES string of the molecule is CNCCCN(C)Cc1ccn(C2CCCC2)n1. The van der Waals surface area contributed by atoms with Gasteiger partial charge in [0.2, 0.25) is 0 Å². The summed E-state index contributed by atoms with van der Waals surface area (Å²) in [7, 11) is 4.17. The van der Waals surface area contributed by atoms with Gasteiger partial charge in [-0.1, -0.05) is 12.8 Å². The summed E-state index contributed by atoms with van der Waals surface area (Å²) >= 11 is 0. The maximum Gasteiger partial charge on any atom is 0.0764 e. The van der Waals surface area contributed by atoms with E-state index in [0.29, 0.717) is 6.04 Å². The molecule has 0 amide bonds. The lowest BCUT2D eigenvalue weighted by Gasteiger charge is -2.15. The van der Waals surface area contributed by atoms with E-state index in [1.54, 1.807) is 0 Å². The minimum Gasteiger partial charge on any atom is -0.320 e. The van der Waals surface area contributed by atoms with Gasteiger partial charge in [0, 0.05) is 12.7 Å². The van der Waals surface area contributed by atoms with Crippen LogP contribution in [-0.2, 0) is 6.54 Å². The van der Waals surface area contributed by atoms with E-state index in [1.807, 2.05) is 7.05 Å². The molecule has 0 aromatic carbocycles. The highest BCUT2D eigenvalue weighted by Gasteiger charge is 2.17. The lowest BCUT2D eigenvalue weighted by Crippen LogP contribution is -2.22. The molecule has 0 aliphatic heterocycles. The van der Waals surface area contributed by atoms with E-state index in [9.17, 15) is 0 Å². The van der Waals surface area contributed by atoms with Crippen molar-refractivity contribution in [3.8, 4) is 0 Å². The molecule has 0 saturated heterocycles. The summed E-state index contributed by atoms with van der Waals surface area (Å²) in [5, 5.41) is 7.90. The van der Waals surface area contributed by atoms with Gasteiger partial charge in [-0.15, -0.1) is 0 Å². The quantitative estimate of drug-likeness (QED) is 0.752. The van der Waals surface area contributed by atoms with Crippen LogP contribution in [0.5, 0.6) is 0 Å². The molecule has 1 fully saturated rings. The van der Waals surface area contributed by atoms with Crippen molar-refractivity contribution in [1.29, 1.82) is 0 Å². The fraction of sp³-hybridized carbons (Fsp3) is 0.786. The summed E-state index contributed by atoms with van der Waals surface area (Å²) in [6.07, 6.45) is 8.69. The smallest absolute Gasteiger partial charge is 0.0764 e. The van der Waals surface area contributed by atoms with Gasteiger partial charge < -0.3 is 10.2 Å². The zero-order valence-corrected chi connectivity index (χ0v) is 11.7. The number of rotatable bonds is 7. The van der Waals surface area contributed by atoms with E-state index < -0.39 is 0 Å². The van der Waals surface area contributed by atoms with E-state index in [1.165, 1.54) is 37.8 Å². The fourth-order valence-electron chi connectivity index (χ4n) is 2.72. The lowest BCUT2D eigenvalue weighted by atomic mass is 10.3. The van der Waals surface area contributed by atoms with Crippen molar-refractivity contribution in [2.45, 2.75) is 44.7 Å². The average molecular weight is 250 g/mol. The summed E-state index contributed by atoms with van der Waals surface area (Å²) in [4.78, 5) is 2.35. The summed E-state index contributed by atoms with van der Waals surface area (Å²) < 4.78 is 2.18. The first-order valence-electron chi connectivity index (χ1n) is 7.17. The number of hydrogen-bond acceptors (Lipinski definition) is 3. The molecule has 0 bridgehead atoms. The molecule has 4 heteroatoms. The Bertz CT molecular complexity index is 341. The Hall–Kier alpha value is -0.870. The molecule has 2 rings (SSSR count). The molecule has 1 N–H and O–H groups in total. The van der Waals surface area contributed by atoms with Crippen LogP contribution < -0.4 is 5.32 Å². The second kappa shape index (κ2) is 6.90. The van der Waals surface area contributed by atoms with E-state index in [-0.39, 0.29) is 0 Å². The van der Waals surface area contributed by atoms with Crippen molar-refractivity contribution in [2.75, 3.05) is 27.2 Å². The Morgan fingerprint density at radius 1 is 1.44 bits per heavy atom. The van der Waals surface area contributed by atoms with Gasteiger partial charge in [-0.05, 0) is 52.5 Å². The van der Waals surface area contributed by atoms with Crippen LogP contribution in [0.25, 0.3) is 0 Å². The summed E-state index contributed by atoms with van der Waals surface area (Å²) in [6.45, 7) is 3.17. The van der Waals surface area contributed by atoms with E-state index in [2.05, 4.69) is 34.2 Å². The molecule has 4 nitrogen and oxygen atoms in total. The maximum absolute atomic E-state index is 4.72. The van der Waals surface area contributed by atoms with Crippen molar-refractivity contribution < 1.29 is 0 Å². The molecule has 0 atom stereocenters. The molecule has 18 heavy (non-hydrogen) atoms. The van der Waals surface area contributed by atoms with Crippen molar-refractivity contribution >= 4 is 0 Å². The van der Waals surface area contributed by atoms with Gasteiger partial charge in [0.05, 0.1) is 11.7 Å². The predicted molar refractivity (Wildman–Crippen MR) is 74.6 cm³/mol. The first-order valence-corrected chi connectivity index (χ1v) is 7.17. The van der Waals surface area contributed by atoms with Crippen molar-refractivity contribution in [3.05, 3.63) is 18.0 Å². The Labute approximate surface area is 110 Å². The molecule has 0 spiro atoms. The van der Waals surface area contributed by atoms with E-state index >= 15 is 0 Å². The van der Waals surface area contributed by atoms with E-state index in [4.69, 9.17) is 5.10 Å². The van der Waals surface area contributed by atoms with Crippen molar-refractivity contribution in [2.24, 2.45) is 0 Å². The van der Waals surface area contributed by atoms with Gasteiger partial charge in [-0.2, -0.15) is 5.10 Å². The number of hydrogen-bond donors (Lipinski definition) is 1. The van der Waals surface area contributed by atoms with Crippen LogP contribution in [0.3, 0.4) is 0 Å². The molecule has 1 aromatic heterocycles. The number of nitrogens with one attached hydrogen (secondary N) is 1. The van der Waals surface area contributed by atoms with Gasteiger partial charge >= 0.3 is 0 Å². The number of aromatic nitrogens is 2. The summed E-state index contributed by atoms with van der Waals surface area (Å²) in [5.74, 6) is 0. The maximum atomic E-state index is 4.72. The highest BCUT2D eigenvalue weighted by atomic mass is 15.3. The van der Waals surface area contributed by atoms with Gasteiger partial charge in [-0.3, -0.25) is 4.68 Å². The monoisotopic (exact) mass is 250 g/mol. The predicted octanol–water partition coefficient (Wildman–Crippen LogP) is 2.04. The Kier molecular flexibility index (Phi) is 5.20. The lowest BCUT2D eigenvalue weighted by molar-refractivity contribution is 0.314. The van der Waals surface area contributed by atoms with Crippen LogP contribution >= 0.6 is 0 Å². The van der Waals surface area contributed by atoms with Gasteiger partial charge in [-0.25, -0.2) is 0 Å². The van der Waals surface area contributed by atoms with Crippen LogP contribution in [0.4, 0.5) is 0 Å². The van der Waals surface area contributed by atoms with Crippen molar-refractivity contribution in [1.82, 2.24) is 20.0 Å². The third-order valence-electron chi connectivity index (χ3n) is 3.76. The summed E-state index contributed by atoms with van der Waals surface area (Å²) in [6, 6.07) is 2.83. The second-order valence-electron chi connectivity index (χ2n) is 5.42. The summed E-state index contributed by atoms with van der Waals surface area (Å²) in [5.41, 5.74) is 1.20. The minimum atomic E-state index is 0.661. The molecule has 102 valence electrons. The van der Waals surface area contributed by atoms with Crippen LogP contribution in [0.15, 0.2) is 12.3 Å². The van der Waals surface area contributed by atoms with Gasteiger partial charge in [0.15, 0.2) is 0 Å². The van der Waals surface area contributed by atoms with Crippen LogP contribution in [0.1, 0.15) is 43.8 Å². The zero-order valence-electron chi connectivity index (χ0n) is 11.7. The average Bonchev–Trinajstić information content (AvgIpc) is 2.98. The molecule has 1 aliphatic rings. The molecular weight excluding hydrogens is 224 g/mol. The first kappa shape index (κ1) is 13.6. The molecule has 0 unspecified atom stereocenters. The Balaban J connectivity index is 1.78. The topological polar surface area (TPSA) is 33.1 Å². The third kappa shape index (κ3) is 3.82. The molecule has 0 radical (unpaired) electrons. The van der Waals surface area contributed by atoms with Gasteiger partial charge in [0.1, 0.15) is 0 Å². The standard InChI is InChI=1S/C14H26N4/c1-15-9-5-10-17(2)12-13-8-11-18(16-13)14-6-3-4-7-14/h8,11,14-15H,3-7,9-10,12H2,1-2H3. The van der Waals surface area contributed by atoms with Crippen LogP contribution in [0, 0.1) is 0 Å². The first-order chi connectivity index (χ1) is 8.79. The minimum absolute atomic E-state index is 0.661. The highest BCUT2D eigenvalue weighted by Crippen LogP contribution is 2.28. The largest absolute Gasteiger partial charge is 0.320 e. The number of nitrogens with zero attached hydrogens (tertiary/aromatic N) is 3. The second-order valence-corrected chi connectivity index (χ2v) is 5.42. The van der Waals surface area contributed by atoms with Gasteiger partial charge in [0.25, 0.3) is 0 Å². The van der Waals surface area contributed by atoms with Crippen LogP contribution in [0.2, 0.25) is 0 Å². The molecule has 1 saturated carbocycles. The Morgan fingerprint density at radius 2 is 2.22 bits per heavy atom. The normalized spacial score (nSPS) is 16.8. The molecule has 1 aromatic rings. The third-order valence-corrected chi connectivity index (χ3v) is 3.76. The Morgan fingerprint density at radius 3 is 2.94 bits per heavy atom. The van der Waals surface area contributed by atoms with Crippen LogP contribution in [-0.4, -0.2) is 41.9 Å². The highest BCUT2D eigenvalue weighted by molar-refractivity contribution is 5.00. The molecule has 1 heterocycles. The fourth-order valence-corrected chi connectivity index (χ4v) is 2.72. The van der Waals surface area contributed by atoms with E-state index in [0.717, 1.165) is 19.6 Å². The zero-order chi connectivity index (χ0) is 12.8. The molecular formula is C14H26N4. The van der Waals surface area contributed by atoms with Crippen molar-refractivity contribution in [3.63, 3.8) is 0 Å².